The van der Waals surface area contributed by atoms with Gasteiger partial charge in [-0.1, -0.05) is 19.1 Å². The fourth-order valence-electron chi connectivity index (χ4n) is 2.74. The largest absolute Gasteiger partial charge is 0.352 e. The van der Waals surface area contributed by atoms with E-state index in [1.165, 1.54) is 25.0 Å². The van der Waals surface area contributed by atoms with E-state index in [0.717, 1.165) is 18.7 Å². The highest BCUT2D eigenvalue weighted by Crippen LogP contribution is 2.22. The molecule has 0 aliphatic carbocycles. The van der Waals surface area contributed by atoms with Gasteiger partial charge in [-0.2, -0.15) is 0 Å². The highest BCUT2D eigenvalue weighted by Gasteiger charge is 2.21. The first-order chi connectivity index (χ1) is 9.65. The van der Waals surface area contributed by atoms with Crippen LogP contribution in [-0.2, 0) is 11.3 Å². The van der Waals surface area contributed by atoms with Crippen molar-refractivity contribution < 1.29 is 9.18 Å². The standard InChI is InChI=1S/C16H23FN2O.ClH/c1-12(14-5-3-7-18-11-14)8-16(20)19-10-13-4-2-6-15(17)9-13;/h2,4,6,9,12,14,18H,3,5,7-8,10-11H2,1H3,(H,19,20);1H. The second kappa shape index (κ2) is 9.00. The van der Waals surface area contributed by atoms with E-state index >= 15 is 0 Å². The SMILES string of the molecule is CC(CC(=O)NCc1cccc(F)c1)C1CCCNC1.Cl. The van der Waals surface area contributed by atoms with Gasteiger partial charge in [0.2, 0.25) is 5.91 Å². The lowest BCUT2D eigenvalue weighted by atomic mass is 9.85. The maximum absolute atomic E-state index is 13.0. The molecule has 5 heteroatoms. The number of carbonyl (C=O) groups is 1. The Morgan fingerprint density at radius 2 is 2.33 bits per heavy atom. The predicted molar refractivity (Wildman–Crippen MR) is 84.9 cm³/mol. The van der Waals surface area contributed by atoms with Crippen LogP contribution in [0.4, 0.5) is 4.39 Å². The maximum atomic E-state index is 13.0. The molecule has 118 valence electrons. The predicted octanol–water partition coefficient (Wildman–Crippen LogP) is 2.89. The zero-order chi connectivity index (χ0) is 14.4. The summed E-state index contributed by atoms with van der Waals surface area (Å²) in [6, 6.07) is 6.34. The average Bonchev–Trinajstić information content (AvgIpc) is 2.46. The van der Waals surface area contributed by atoms with Gasteiger partial charge in [-0.05, 0) is 55.5 Å². The van der Waals surface area contributed by atoms with Crippen molar-refractivity contribution in [3.05, 3.63) is 35.6 Å². The molecule has 0 bridgehead atoms. The van der Waals surface area contributed by atoms with Gasteiger partial charge in [-0.15, -0.1) is 12.4 Å². The summed E-state index contributed by atoms with van der Waals surface area (Å²) in [4.78, 5) is 11.9. The molecular formula is C16H24ClFN2O. The summed E-state index contributed by atoms with van der Waals surface area (Å²) in [6.45, 7) is 4.64. The van der Waals surface area contributed by atoms with E-state index in [1.54, 1.807) is 6.07 Å². The van der Waals surface area contributed by atoms with Crippen LogP contribution in [0.15, 0.2) is 24.3 Å². The zero-order valence-corrected chi connectivity index (χ0v) is 13.2. The molecule has 1 aromatic rings. The van der Waals surface area contributed by atoms with Gasteiger partial charge in [0, 0.05) is 13.0 Å². The van der Waals surface area contributed by atoms with Gasteiger partial charge < -0.3 is 10.6 Å². The van der Waals surface area contributed by atoms with Crippen molar-refractivity contribution in [2.75, 3.05) is 13.1 Å². The summed E-state index contributed by atoms with van der Waals surface area (Å²) in [5.41, 5.74) is 0.797. The van der Waals surface area contributed by atoms with E-state index in [4.69, 9.17) is 0 Å². The minimum Gasteiger partial charge on any atom is -0.352 e. The molecule has 2 atom stereocenters. The first-order valence-electron chi connectivity index (χ1n) is 7.37. The monoisotopic (exact) mass is 314 g/mol. The lowest BCUT2D eigenvalue weighted by molar-refractivity contribution is -0.122. The van der Waals surface area contributed by atoms with Crippen molar-refractivity contribution in [3.8, 4) is 0 Å². The molecule has 0 radical (unpaired) electrons. The Morgan fingerprint density at radius 3 is 3.00 bits per heavy atom. The Bertz CT molecular complexity index is 450. The van der Waals surface area contributed by atoms with E-state index in [0.29, 0.717) is 24.8 Å². The second-order valence-electron chi connectivity index (χ2n) is 5.69. The quantitative estimate of drug-likeness (QED) is 0.877. The smallest absolute Gasteiger partial charge is 0.220 e. The van der Waals surface area contributed by atoms with Crippen molar-refractivity contribution in [3.63, 3.8) is 0 Å². The number of carbonyl (C=O) groups excluding carboxylic acids is 1. The lowest BCUT2D eigenvalue weighted by Crippen LogP contribution is -2.35. The van der Waals surface area contributed by atoms with Crippen LogP contribution in [0.2, 0.25) is 0 Å². The van der Waals surface area contributed by atoms with Crippen LogP contribution in [0.3, 0.4) is 0 Å². The van der Waals surface area contributed by atoms with Crippen LogP contribution in [0.1, 0.15) is 31.7 Å². The normalized spacial score (nSPS) is 19.4. The summed E-state index contributed by atoms with van der Waals surface area (Å²) in [5, 5.41) is 6.25. The van der Waals surface area contributed by atoms with Crippen molar-refractivity contribution in [1.82, 2.24) is 10.6 Å². The Labute approximate surface area is 132 Å². The number of hydrogen-bond donors (Lipinski definition) is 2. The average molecular weight is 315 g/mol. The fourth-order valence-corrected chi connectivity index (χ4v) is 2.74. The number of amides is 1. The number of rotatable bonds is 5. The summed E-state index contributed by atoms with van der Waals surface area (Å²) < 4.78 is 13.0. The van der Waals surface area contributed by atoms with Gasteiger partial charge in [0.15, 0.2) is 0 Å². The first-order valence-corrected chi connectivity index (χ1v) is 7.37. The minimum atomic E-state index is -0.265. The third kappa shape index (κ3) is 6.02. The summed E-state index contributed by atoms with van der Waals surface area (Å²) in [7, 11) is 0. The number of halogens is 2. The van der Waals surface area contributed by atoms with E-state index in [1.807, 2.05) is 6.07 Å². The molecule has 1 aliphatic heterocycles. The van der Waals surface area contributed by atoms with E-state index in [-0.39, 0.29) is 24.1 Å². The van der Waals surface area contributed by atoms with Crippen molar-refractivity contribution in [1.29, 1.82) is 0 Å². The van der Waals surface area contributed by atoms with Crippen molar-refractivity contribution in [2.45, 2.75) is 32.7 Å². The molecule has 1 heterocycles. The van der Waals surface area contributed by atoms with E-state index < -0.39 is 0 Å². The topological polar surface area (TPSA) is 41.1 Å². The fraction of sp³-hybridized carbons (Fsp3) is 0.562. The molecule has 21 heavy (non-hydrogen) atoms. The lowest BCUT2D eigenvalue weighted by Gasteiger charge is -2.28. The molecule has 0 aromatic heterocycles. The van der Waals surface area contributed by atoms with Gasteiger partial charge >= 0.3 is 0 Å². The molecule has 0 spiro atoms. The first kappa shape index (κ1) is 17.9. The molecule has 1 saturated heterocycles. The Kier molecular flexibility index (Phi) is 7.68. The summed E-state index contributed by atoms with van der Waals surface area (Å²) in [6.07, 6.45) is 2.94. The Morgan fingerprint density at radius 1 is 1.52 bits per heavy atom. The Hall–Kier alpha value is -1.13. The third-order valence-corrected chi connectivity index (χ3v) is 4.03. The minimum absolute atomic E-state index is 0. The van der Waals surface area contributed by atoms with Gasteiger partial charge in [0.25, 0.3) is 0 Å². The van der Waals surface area contributed by atoms with Gasteiger partial charge in [0.05, 0.1) is 0 Å². The zero-order valence-electron chi connectivity index (χ0n) is 12.4. The highest BCUT2D eigenvalue weighted by atomic mass is 35.5. The van der Waals surface area contributed by atoms with Gasteiger partial charge in [0.1, 0.15) is 5.82 Å². The van der Waals surface area contributed by atoms with Crippen LogP contribution < -0.4 is 10.6 Å². The van der Waals surface area contributed by atoms with Crippen molar-refractivity contribution in [2.24, 2.45) is 11.8 Å². The van der Waals surface area contributed by atoms with E-state index in [9.17, 15) is 9.18 Å². The molecule has 2 rings (SSSR count). The molecule has 1 amide bonds. The molecule has 2 N–H and O–H groups in total. The van der Waals surface area contributed by atoms with Crippen LogP contribution >= 0.6 is 12.4 Å². The van der Waals surface area contributed by atoms with Crippen LogP contribution in [0, 0.1) is 17.7 Å². The third-order valence-electron chi connectivity index (χ3n) is 4.03. The maximum Gasteiger partial charge on any atom is 0.220 e. The highest BCUT2D eigenvalue weighted by molar-refractivity contribution is 5.85. The van der Waals surface area contributed by atoms with Crippen LogP contribution in [0.25, 0.3) is 0 Å². The number of hydrogen-bond acceptors (Lipinski definition) is 2. The molecule has 3 nitrogen and oxygen atoms in total. The molecule has 1 fully saturated rings. The molecule has 0 saturated carbocycles. The summed E-state index contributed by atoms with van der Waals surface area (Å²) in [5.74, 6) is 0.754. The summed E-state index contributed by atoms with van der Waals surface area (Å²) >= 11 is 0. The van der Waals surface area contributed by atoms with E-state index in [2.05, 4.69) is 17.6 Å². The second-order valence-corrected chi connectivity index (χ2v) is 5.69. The molecule has 1 aliphatic rings. The van der Waals surface area contributed by atoms with Crippen molar-refractivity contribution >= 4 is 18.3 Å². The van der Waals surface area contributed by atoms with Crippen LogP contribution in [0.5, 0.6) is 0 Å². The number of piperidine rings is 1. The van der Waals surface area contributed by atoms with Gasteiger partial charge in [-0.25, -0.2) is 4.39 Å². The molecule has 2 unspecified atom stereocenters. The molecule has 1 aromatic carbocycles. The van der Waals surface area contributed by atoms with Gasteiger partial charge in [-0.3, -0.25) is 4.79 Å². The number of benzene rings is 1. The molecular weight excluding hydrogens is 291 g/mol. The van der Waals surface area contributed by atoms with Crippen LogP contribution in [-0.4, -0.2) is 19.0 Å². The Balaban J connectivity index is 0.00000220. The number of nitrogens with one attached hydrogen (secondary N) is 2.